The van der Waals surface area contributed by atoms with Crippen molar-refractivity contribution in [2.45, 2.75) is 12.3 Å². The van der Waals surface area contributed by atoms with E-state index < -0.39 is 23.7 Å². The Hall–Kier alpha value is -3.10. The Balaban J connectivity index is 1.47. The average molecular weight is 379 g/mol. The van der Waals surface area contributed by atoms with Crippen LogP contribution in [0.4, 0.5) is 13.2 Å². The molecule has 2 aromatic rings. The topological polar surface area (TPSA) is 71.5 Å². The number of halogens is 3. The molecule has 3 rings (SSSR count). The van der Waals surface area contributed by atoms with Crippen molar-refractivity contribution in [3.05, 3.63) is 59.8 Å². The number of likely N-dealkylation sites (tertiary alicyclic amines) is 1. The summed E-state index contributed by atoms with van der Waals surface area (Å²) in [4.78, 5) is 29.0. The quantitative estimate of drug-likeness (QED) is 0.864. The zero-order valence-corrected chi connectivity index (χ0v) is 14.1. The number of alkyl halides is 3. The predicted octanol–water partition coefficient (Wildman–Crippen LogP) is 2.12. The van der Waals surface area contributed by atoms with Crippen LogP contribution in [0.2, 0.25) is 0 Å². The fourth-order valence-electron chi connectivity index (χ4n) is 2.53. The maximum absolute atomic E-state index is 12.9. The van der Waals surface area contributed by atoms with Crippen molar-refractivity contribution in [3.63, 3.8) is 0 Å². The Bertz CT molecular complexity index is 821. The number of nitrogens with one attached hydrogen (secondary N) is 1. The molecule has 0 saturated carbocycles. The van der Waals surface area contributed by atoms with Gasteiger partial charge in [-0.2, -0.15) is 13.2 Å². The lowest BCUT2D eigenvalue weighted by Gasteiger charge is -2.39. The number of pyridine rings is 1. The van der Waals surface area contributed by atoms with Crippen LogP contribution in [0.3, 0.4) is 0 Å². The molecule has 2 heterocycles. The molecule has 0 aliphatic carbocycles. The molecule has 0 bridgehead atoms. The third-order valence-electron chi connectivity index (χ3n) is 3.99. The van der Waals surface area contributed by atoms with Gasteiger partial charge in [-0.05, 0) is 24.3 Å². The third kappa shape index (κ3) is 4.55. The summed E-state index contributed by atoms with van der Waals surface area (Å²) in [6.45, 7) is 0.0691. The number of rotatable bonds is 5. The van der Waals surface area contributed by atoms with Crippen LogP contribution in [-0.4, -0.2) is 47.4 Å². The number of hydrogen-bond acceptors (Lipinski definition) is 4. The second kappa shape index (κ2) is 7.65. The standard InChI is InChI=1S/C18H16F3N3O3/c19-18(20,21)14-7-4-8-22-17(14)27-13-10-24(11-13)15(25)9-23-16(26)12-5-2-1-3-6-12/h1-8,13H,9-11H2,(H,23,26). The van der Waals surface area contributed by atoms with E-state index in [0.29, 0.717) is 5.56 Å². The van der Waals surface area contributed by atoms with Gasteiger partial charge in [0.05, 0.1) is 19.6 Å². The van der Waals surface area contributed by atoms with Gasteiger partial charge < -0.3 is 15.0 Å². The maximum Gasteiger partial charge on any atom is 0.421 e. The van der Waals surface area contributed by atoms with E-state index in [1.165, 1.54) is 17.2 Å². The average Bonchev–Trinajstić information content (AvgIpc) is 2.62. The van der Waals surface area contributed by atoms with Crippen LogP contribution in [0, 0.1) is 0 Å². The summed E-state index contributed by atoms with van der Waals surface area (Å²) in [6, 6.07) is 10.5. The first-order chi connectivity index (χ1) is 12.8. The zero-order valence-electron chi connectivity index (χ0n) is 14.1. The monoisotopic (exact) mass is 379 g/mol. The van der Waals surface area contributed by atoms with E-state index in [0.717, 1.165) is 6.07 Å². The molecule has 142 valence electrons. The van der Waals surface area contributed by atoms with Gasteiger partial charge in [0.2, 0.25) is 11.8 Å². The van der Waals surface area contributed by atoms with Gasteiger partial charge in [-0.3, -0.25) is 9.59 Å². The molecule has 1 N–H and O–H groups in total. The van der Waals surface area contributed by atoms with Crippen molar-refractivity contribution in [1.29, 1.82) is 0 Å². The summed E-state index contributed by atoms with van der Waals surface area (Å²) in [5.41, 5.74) is -0.519. The minimum atomic E-state index is -4.56. The van der Waals surface area contributed by atoms with Gasteiger partial charge in [-0.15, -0.1) is 0 Å². The van der Waals surface area contributed by atoms with E-state index in [1.807, 2.05) is 0 Å². The van der Waals surface area contributed by atoms with Gasteiger partial charge in [0.25, 0.3) is 5.91 Å². The largest absolute Gasteiger partial charge is 0.470 e. The molecule has 2 amide bonds. The van der Waals surface area contributed by atoms with E-state index in [-0.39, 0.29) is 31.4 Å². The number of ether oxygens (including phenoxy) is 1. The van der Waals surface area contributed by atoms with Crippen LogP contribution in [0.5, 0.6) is 5.88 Å². The molecule has 6 nitrogen and oxygen atoms in total. The molecule has 1 aromatic heterocycles. The van der Waals surface area contributed by atoms with Crippen molar-refractivity contribution in [3.8, 4) is 5.88 Å². The Morgan fingerprint density at radius 3 is 2.52 bits per heavy atom. The van der Waals surface area contributed by atoms with E-state index in [9.17, 15) is 22.8 Å². The number of amides is 2. The van der Waals surface area contributed by atoms with Crippen LogP contribution in [0.25, 0.3) is 0 Å². The van der Waals surface area contributed by atoms with Crippen LogP contribution in [0.15, 0.2) is 48.7 Å². The zero-order chi connectivity index (χ0) is 19.4. The second-order valence-electron chi connectivity index (χ2n) is 5.94. The fourth-order valence-corrected chi connectivity index (χ4v) is 2.53. The normalized spacial score (nSPS) is 14.4. The number of aromatic nitrogens is 1. The Labute approximate surface area is 152 Å². The molecule has 1 aromatic carbocycles. The van der Waals surface area contributed by atoms with E-state index in [4.69, 9.17) is 4.74 Å². The molecule has 0 radical (unpaired) electrons. The summed E-state index contributed by atoms with van der Waals surface area (Å²) in [5, 5.41) is 2.51. The van der Waals surface area contributed by atoms with Gasteiger partial charge in [0.15, 0.2) is 0 Å². The number of hydrogen-bond donors (Lipinski definition) is 1. The van der Waals surface area contributed by atoms with Crippen molar-refractivity contribution >= 4 is 11.8 Å². The first kappa shape index (κ1) is 18.7. The molecule has 1 aliphatic rings. The molecule has 9 heteroatoms. The molecular weight excluding hydrogens is 363 g/mol. The minimum Gasteiger partial charge on any atom is -0.470 e. The summed E-state index contributed by atoms with van der Waals surface area (Å²) in [6.07, 6.45) is -3.93. The van der Waals surface area contributed by atoms with Gasteiger partial charge >= 0.3 is 6.18 Å². The van der Waals surface area contributed by atoms with E-state index in [1.54, 1.807) is 30.3 Å². The molecule has 1 fully saturated rings. The lowest BCUT2D eigenvalue weighted by Crippen LogP contribution is -2.58. The van der Waals surface area contributed by atoms with Crippen LogP contribution in [-0.2, 0) is 11.0 Å². The van der Waals surface area contributed by atoms with Gasteiger partial charge in [0, 0.05) is 11.8 Å². The fraction of sp³-hybridized carbons (Fsp3) is 0.278. The first-order valence-electron chi connectivity index (χ1n) is 8.14. The van der Waals surface area contributed by atoms with Crippen LogP contribution < -0.4 is 10.1 Å². The predicted molar refractivity (Wildman–Crippen MR) is 89.0 cm³/mol. The minimum absolute atomic E-state index is 0.133. The Morgan fingerprint density at radius 1 is 1.15 bits per heavy atom. The van der Waals surface area contributed by atoms with Gasteiger partial charge in [-0.1, -0.05) is 18.2 Å². The Morgan fingerprint density at radius 2 is 1.85 bits per heavy atom. The summed E-state index contributed by atoms with van der Waals surface area (Å²) < 4.78 is 44.0. The SMILES string of the molecule is O=C(NCC(=O)N1CC(Oc2ncccc2C(F)(F)F)C1)c1ccccc1. The molecule has 0 spiro atoms. The summed E-state index contributed by atoms with van der Waals surface area (Å²) >= 11 is 0. The van der Waals surface area contributed by atoms with Crippen molar-refractivity contribution < 1.29 is 27.5 Å². The summed E-state index contributed by atoms with van der Waals surface area (Å²) in [7, 11) is 0. The van der Waals surface area contributed by atoms with Gasteiger partial charge in [-0.25, -0.2) is 4.98 Å². The second-order valence-corrected chi connectivity index (χ2v) is 5.94. The highest BCUT2D eigenvalue weighted by molar-refractivity contribution is 5.96. The van der Waals surface area contributed by atoms with Gasteiger partial charge in [0.1, 0.15) is 11.7 Å². The maximum atomic E-state index is 12.9. The molecule has 0 unspecified atom stereocenters. The highest BCUT2D eigenvalue weighted by atomic mass is 19.4. The van der Waals surface area contributed by atoms with Crippen molar-refractivity contribution in [2.75, 3.05) is 19.6 Å². The molecule has 1 aliphatic heterocycles. The number of carbonyl (C=O) groups is 2. The highest BCUT2D eigenvalue weighted by Gasteiger charge is 2.38. The summed E-state index contributed by atoms with van der Waals surface area (Å²) in [5.74, 6) is -1.21. The smallest absolute Gasteiger partial charge is 0.421 e. The molecule has 0 atom stereocenters. The van der Waals surface area contributed by atoms with Crippen LogP contribution >= 0.6 is 0 Å². The number of nitrogens with zero attached hydrogens (tertiary/aromatic N) is 2. The lowest BCUT2D eigenvalue weighted by atomic mass is 10.1. The molecule has 1 saturated heterocycles. The van der Waals surface area contributed by atoms with E-state index >= 15 is 0 Å². The molecule has 27 heavy (non-hydrogen) atoms. The van der Waals surface area contributed by atoms with Crippen molar-refractivity contribution in [1.82, 2.24) is 15.2 Å². The third-order valence-corrected chi connectivity index (χ3v) is 3.99. The lowest BCUT2D eigenvalue weighted by molar-refractivity contribution is -0.144. The molecular formula is C18H16F3N3O3. The highest BCUT2D eigenvalue weighted by Crippen LogP contribution is 2.35. The Kier molecular flexibility index (Phi) is 5.29. The van der Waals surface area contributed by atoms with Crippen LogP contribution in [0.1, 0.15) is 15.9 Å². The number of benzene rings is 1. The van der Waals surface area contributed by atoms with Crippen molar-refractivity contribution in [2.24, 2.45) is 0 Å². The first-order valence-corrected chi connectivity index (χ1v) is 8.14. The van der Waals surface area contributed by atoms with E-state index in [2.05, 4.69) is 10.3 Å². The number of carbonyl (C=O) groups excluding carboxylic acids is 2.